The van der Waals surface area contributed by atoms with Crippen LogP contribution in [0.15, 0.2) is 36.4 Å². The molecule has 1 unspecified atom stereocenters. The molecule has 0 radical (unpaired) electrons. The average Bonchev–Trinajstić information content (AvgIpc) is 2.49. The van der Waals surface area contributed by atoms with Crippen molar-refractivity contribution in [3.05, 3.63) is 58.4 Å². The smallest absolute Gasteiger partial charge is 0.125 e. The highest BCUT2D eigenvalue weighted by molar-refractivity contribution is 6.30. The molecule has 2 rings (SSSR count). The topological polar surface area (TPSA) is 56.5 Å². The van der Waals surface area contributed by atoms with Crippen molar-refractivity contribution in [3.63, 3.8) is 0 Å². The highest BCUT2D eigenvalue weighted by Gasteiger charge is 2.21. The Labute approximate surface area is 127 Å². The SMILES string of the molecule is COc1cc(Cl)ccc1C(NN)c1cc(F)ccc1OC. The van der Waals surface area contributed by atoms with Gasteiger partial charge in [-0.05, 0) is 30.3 Å². The van der Waals surface area contributed by atoms with Crippen LogP contribution in [-0.4, -0.2) is 14.2 Å². The highest BCUT2D eigenvalue weighted by atomic mass is 35.5. The summed E-state index contributed by atoms with van der Waals surface area (Å²) in [5, 5.41) is 0.539. The summed E-state index contributed by atoms with van der Waals surface area (Å²) in [6, 6.07) is 8.92. The minimum Gasteiger partial charge on any atom is -0.496 e. The molecule has 4 nitrogen and oxygen atoms in total. The third-order valence-electron chi connectivity index (χ3n) is 3.18. The summed E-state index contributed by atoms with van der Waals surface area (Å²) in [6.07, 6.45) is 0. The first-order chi connectivity index (χ1) is 10.1. The lowest BCUT2D eigenvalue weighted by atomic mass is 9.97. The molecule has 2 aromatic rings. The summed E-state index contributed by atoms with van der Waals surface area (Å²) in [5.41, 5.74) is 3.96. The van der Waals surface area contributed by atoms with Crippen molar-refractivity contribution in [2.24, 2.45) is 5.84 Å². The predicted molar refractivity (Wildman–Crippen MR) is 80.1 cm³/mol. The van der Waals surface area contributed by atoms with Crippen LogP contribution in [0.4, 0.5) is 4.39 Å². The van der Waals surface area contributed by atoms with E-state index in [0.29, 0.717) is 22.1 Å². The normalized spacial score (nSPS) is 12.0. The van der Waals surface area contributed by atoms with Crippen molar-refractivity contribution in [1.29, 1.82) is 0 Å². The van der Waals surface area contributed by atoms with E-state index in [1.54, 1.807) is 24.3 Å². The molecular weight excluding hydrogens is 295 g/mol. The molecule has 21 heavy (non-hydrogen) atoms. The van der Waals surface area contributed by atoms with Gasteiger partial charge in [0.25, 0.3) is 0 Å². The van der Waals surface area contributed by atoms with Gasteiger partial charge in [0.15, 0.2) is 0 Å². The van der Waals surface area contributed by atoms with Gasteiger partial charge < -0.3 is 9.47 Å². The lowest BCUT2D eigenvalue weighted by Gasteiger charge is -2.21. The van der Waals surface area contributed by atoms with E-state index in [0.717, 1.165) is 5.56 Å². The second kappa shape index (κ2) is 6.76. The fraction of sp³-hybridized carbons (Fsp3) is 0.200. The first-order valence-corrected chi connectivity index (χ1v) is 6.61. The van der Waals surface area contributed by atoms with Gasteiger partial charge in [-0.15, -0.1) is 0 Å². The lowest BCUT2D eigenvalue weighted by Crippen LogP contribution is -2.29. The van der Waals surface area contributed by atoms with Gasteiger partial charge in [0, 0.05) is 16.1 Å². The first kappa shape index (κ1) is 15.6. The Hall–Kier alpha value is -1.82. The molecule has 0 aliphatic rings. The van der Waals surface area contributed by atoms with Gasteiger partial charge in [-0.3, -0.25) is 5.84 Å². The number of hydrogen-bond acceptors (Lipinski definition) is 4. The number of benzene rings is 2. The zero-order chi connectivity index (χ0) is 15.4. The minimum atomic E-state index is -0.497. The fourth-order valence-electron chi connectivity index (χ4n) is 2.20. The molecule has 3 N–H and O–H groups in total. The largest absolute Gasteiger partial charge is 0.496 e. The number of hydrazine groups is 1. The molecule has 112 valence electrons. The number of ether oxygens (including phenoxy) is 2. The van der Waals surface area contributed by atoms with Crippen LogP contribution >= 0.6 is 11.6 Å². The van der Waals surface area contributed by atoms with Gasteiger partial charge in [0.1, 0.15) is 17.3 Å². The number of halogens is 2. The Morgan fingerprint density at radius 3 is 2.38 bits per heavy atom. The Balaban J connectivity index is 2.57. The van der Waals surface area contributed by atoms with Crippen LogP contribution in [0.2, 0.25) is 5.02 Å². The van der Waals surface area contributed by atoms with Gasteiger partial charge in [0.2, 0.25) is 0 Å². The van der Waals surface area contributed by atoms with E-state index >= 15 is 0 Å². The van der Waals surface area contributed by atoms with E-state index in [-0.39, 0.29) is 5.82 Å². The number of methoxy groups -OCH3 is 2. The molecule has 0 spiro atoms. The number of nitrogens with one attached hydrogen (secondary N) is 1. The molecule has 0 heterocycles. The lowest BCUT2D eigenvalue weighted by molar-refractivity contribution is 0.393. The summed E-state index contributed by atoms with van der Waals surface area (Å²) in [6.45, 7) is 0. The molecule has 0 saturated heterocycles. The number of nitrogens with two attached hydrogens (primary N) is 1. The van der Waals surface area contributed by atoms with E-state index in [4.69, 9.17) is 26.9 Å². The first-order valence-electron chi connectivity index (χ1n) is 6.23. The highest BCUT2D eigenvalue weighted by Crippen LogP contribution is 2.35. The summed E-state index contributed by atoms with van der Waals surface area (Å²) >= 11 is 5.96. The minimum absolute atomic E-state index is 0.376. The van der Waals surface area contributed by atoms with Crippen LogP contribution in [0, 0.1) is 5.82 Å². The van der Waals surface area contributed by atoms with Gasteiger partial charge in [-0.2, -0.15) is 0 Å². The summed E-state index contributed by atoms with van der Waals surface area (Å²) in [4.78, 5) is 0. The van der Waals surface area contributed by atoms with Crippen molar-refractivity contribution >= 4 is 11.6 Å². The van der Waals surface area contributed by atoms with Gasteiger partial charge >= 0.3 is 0 Å². The van der Waals surface area contributed by atoms with E-state index in [1.165, 1.54) is 26.4 Å². The van der Waals surface area contributed by atoms with Crippen molar-refractivity contribution in [2.75, 3.05) is 14.2 Å². The molecule has 0 amide bonds. The molecule has 0 aliphatic heterocycles. The van der Waals surface area contributed by atoms with E-state index in [1.807, 2.05) is 0 Å². The van der Waals surface area contributed by atoms with E-state index < -0.39 is 6.04 Å². The third-order valence-corrected chi connectivity index (χ3v) is 3.41. The van der Waals surface area contributed by atoms with Crippen LogP contribution < -0.4 is 20.7 Å². The second-order valence-electron chi connectivity index (χ2n) is 4.37. The van der Waals surface area contributed by atoms with Crippen molar-refractivity contribution in [3.8, 4) is 11.5 Å². The quantitative estimate of drug-likeness (QED) is 0.658. The summed E-state index contributed by atoms with van der Waals surface area (Å²) in [5.74, 6) is 6.36. The summed E-state index contributed by atoms with van der Waals surface area (Å²) in [7, 11) is 3.05. The van der Waals surface area contributed by atoms with E-state index in [2.05, 4.69) is 5.43 Å². The zero-order valence-corrected chi connectivity index (χ0v) is 12.4. The maximum absolute atomic E-state index is 13.6. The predicted octanol–water partition coefficient (Wildman–Crippen LogP) is 3.05. The average molecular weight is 311 g/mol. The van der Waals surface area contributed by atoms with Crippen LogP contribution in [0.3, 0.4) is 0 Å². The third kappa shape index (κ3) is 3.26. The fourth-order valence-corrected chi connectivity index (χ4v) is 2.36. The van der Waals surface area contributed by atoms with Crippen molar-refractivity contribution in [2.45, 2.75) is 6.04 Å². The zero-order valence-electron chi connectivity index (χ0n) is 11.7. The molecule has 6 heteroatoms. The molecule has 0 fully saturated rings. The van der Waals surface area contributed by atoms with Crippen molar-refractivity contribution < 1.29 is 13.9 Å². The monoisotopic (exact) mass is 310 g/mol. The van der Waals surface area contributed by atoms with Crippen LogP contribution in [-0.2, 0) is 0 Å². The van der Waals surface area contributed by atoms with Gasteiger partial charge in [-0.25, -0.2) is 9.82 Å². The maximum atomic E-state index is 13.6. The number of hydrogen-bond donors (Lipinski definition) is 2. The van der Waals surface area contributed by atoms with E-state index in [9.17, 15) is 4.39 Å². The van der Waals surface area contributed by atoms with Crippen molar-refractivity contribution in [1.82, 2.24) is 5.43 Å². The van der Waals surface area contributed by atoms with Gasteiger partial charge in [-0.1, -0.05) is 17.7 Å². The number of rotatable bonds is 5. The molecule has 2 aromatic carbocycles. The molecule has 0 saturated carbocycles. The van der Waals surface area contributed by atoms with Crippen LogP contribution in [0.25, 0.3) is 0 Å². The standard InChI is InChI=1S/C15H16ClFN2O2/c1-20-13-6-4-10(17)8-12(13)15(19-18)11-5-3-9(16)7-14(11)21-2/h3-8,15,19H,18H2,1-2H3. The molecule has 0 aliphatic carbocycles. The Kier molecular flexibility index (Phi) is 5.01. The van der Waals surface area contributed by atoms with Crippen LogP contribution in [0.5, 0.6) is 11.5 Å². The molecule has 0 aromatic heterocycles. The Morgan fingerprint density at radius 2 is 1.76 bits per heavy atom. The Morgan fingerprint density at radius 1 is 1.05 bits per heavy atom. The molecular formula is C15H16ClFN2O2. The molecule has 1 atom stereocenters. The second-order valence-corrected chi connectivity index (χ2v) is 4.81. The van der Waals surface area contributed by atoms with Gasteiger partial charge in [0.05, 0.1) is 20.3 Å². The maximum Gasteiger partial charge on any atom is 0.125 e. The Bertz CT molecular complexity index is 637. The van der Waals surface area contributed by atoms with Crippen LogP contribution in [0.1, 0.15) is 17.2 Å². The summed E-state index contributed by atoms with van der Waals surface area (Å²) < 4.78 is 24.2. The molecule has 0 bridgehead atoms.